The van der Waals surface area contributed by atoms with Crippen molar-refractivity contribution in [2.75, 3.05) is 19.8 Å². The topological polar surface area (TPSA) is 71.5 Å². The van der Waals surface area contributed by atoms with Crippen LogP contribution in [0.2, 0.25) is 0 Å². The number of pyridine rings is 1. The summed E-state index contributed by atoms with van der Waals surface area (Å²) in [5.41, 5.74) is -1.70. The Bertz CT molecular complexity index is 791. The molecule has 1 amide bonds. The maximum Gasteiger partial charge on any atom is 0.433 e. The zero-order chi connectivity index (χ0) is 20.2. The van der Waals surface area contributed by atoms with E-state index < -0.39 is 23.4 Å². The van der Waals surface area contributed by atoms with Gasteiger partial charge in [0.1, 0.15) is 11.3 Å². The van der Waals surface area contributed by atoms with Crippen LogP contribution in [0.3, 0.4) is 0 Å². The highest BCUT2D eigenvalue weighted by Crippen LogP contribution is 2.35. The van der Waals surface area contributed by atoms with Gasteiger partial charge in [0.15, 0.2) is 0 Å². The van der Waals surface area contributed by atoms with Crippen molar-refractivity contribution in [3.05, 3.63) is 65.5 Å². The van der Waals surface area contributed by atoms with Crippen LogP contribution < -0.4 is 5.32 Å². The fraction of sp³-hybridized carbons (Fsp3) is 0.400. The lowest BCUT2D eigenvalue weighted by Gasteiger charge is -2.39. The fourth-order valence-electron chi connectivity index (χ4n) is 3.40. The Labute approximate surface area is 160 Å². The first-order chi connectivity index (χ1) is 13.3. The Hall–Kier alpha value is -2.45. The molecule has 28 heavy (non-hydrogen) atoms. The Morgan fingerprint density at radius 1 is 1.14 bits per heavy atom. The third-order valence-corrected chi connectivity index (χ3v) is 5.00. The van der Waals surface area contributed by atoms with Crippen molar-refractivity contribution in [2.24, 2.45) is 5.92 Å². The second kappa shape index (κ2) is 8.28. The summed E-state index contributed by atoms with van der Waals surface area (Å²) < 4.78 is 43.2. The number of carbonyl (C=O) groups is 1. The number of carbonyl (C=O) groups excluding carboxylic acids is 1. The van der Waals surface area contributed by atoms with Crippen LogP contribution in [0.15, 0.2) is 48.7 Å². The van der Waals surface area contributed by atoms with Crippen LogP contribution in [0.5, 0.6) is 0 Å². The minimum atomic E-state index is -4.56. The molecule has 1 unspecified atom stereocenters. The van der Waals surface area contributed by atoms with E-state index >= 15 is 0 Å². The molecule has 1 saturated heterocycles. The van der Waals surface area contributed by atoms with Gasteiger partial charge in [-0.1, -0.05) is 30.3 Å². The molecule has 150 valence electrons. The van der Waals surface area contributed by atoms with Gasteiger partial charge in [0, 0.05) is 19.4 Å². The molecule has 1 fully saturated rings. The lowest BCUT2D eigenvalue weighted by atomic mass is 9.77. The lowest BCUT2D eigenvalue weighted by Crippen LogP contribution is -2.47. The highest BCUT2D eigenvalue weighted by atomic mass is 19.4. The molecule has 2 aromatic rings. The monoisotopic (exact) mass is 394 g/mol. The Balaban J connectivity index is 1.75. The molecule has 1 aromatic carbocycles. The van der Waals surface area contributed by atoms with E-state index in [2.05, 4.69) is 10.3 Å². The Kier molecular flexibility index (Phi) is 6.00. The SMILES string of the molecule is O=C(NCC(O)(c1ccccc1)C1CCOCC1)c1ccc(C(F)(F)F)nc1. The minimum Gasteiger partial charge on any atom is -0.383 e. The van der Waals surface area contributed by atoms with Crippen LogP contribution >= 0.6 is 0 Å². The van der Waals surface area contributed by atoms with Gasteiger partial charge in [-0.05, 0) is 36.5 Å². The van der Waals surface area contributed by atoms with Crippen molar-refractivity contribution >= 4 is 5.91 Å². The predicted octanol–water partition coefficient (Wildman–Crippen LogP) is 3.14. The largest absolute Gasteiger partial charge is 0.433 e. The molecule has 8 heteroatoms. The summed E-state index contributed by atoms with van der Waals surface area (Å²) in [7, 11) is 0. The summed E-state index contributed by atoms with van der Waals surface area (Å²) in [6.07, 6.45) is -2.40. The number of rotatable bonds is 5. The van der Waals surface area contributed by atoms with Crippen LogP contribution in [-0.4, -0.2) is 35.8 Å². The van der Waals surface area contributed by atoms with Gasteiger partial charge in [0.2, 0.25) is 0 Å². The molecule has 1 aliphatic heterocycles. The van der Waals surface area contributed by atoms with Crippen LogP contribution in [-0.2, 0) is 16.5 Å². The van der Waals surface area contributed by atoms with Gasteiger partial charge in [-0.15, -0.1) is 0 Å². The third-order valence-electron chi connectivity index (χ3n) is 5.00. The van der Waals surface area contributed by atoms with E-state index in [0.29, 0.717) is 31.6 Å². The van der Waals surface area contributed by atoms with Crippen LogP contribution in [0.4, 0.5) is 13.2 Å². The van der Waals surface area contributed by atoms with Gasteiger partial charge in [0.25, 0.3) is 5.91 Å². The number of ether oxygens (including phenoxy) is 1. The molecular weight excluding hydrogens is 373 g/mol. The molecule has 2 heterocycles. The smallest absolute Gasteiger partial charge is 0.383 e. The number of nitrogens with zero attached hydrogens (tertiary/aromatic N) is 1. The zero-order valence-corrected chi connectivity index (χ0v) is 15.1. The quantitative estimate of drug-likeness (QED) is 0.817. The average Bonchev–Trinajstić information content (AvgIpc) is 2.72. The summed E-state index contributed by atoms with van der Waals surface area (Å²) in [5.74, 6) is -0.711. The normalized spacial score (nSPS) is 17.7. The summed E-state index contributed by atoms with van der Waals surface area (Å²) in [6, 6.07) is 10.9. The number of benzene rings is 1. The van der Waals surface area contributed by atoms with Crippen LogP contribution in [0, 0.1) is 5.92 Å². The van der Waals surface area contributed by atoms with Crippen molar-refractivity contribution in [3.63, 3.8) is 0 Å². The number of alkyl halides is 3. The number of amides is 1. The molecule has 0 radical (unpaired) electrons. The number of halogens is 3. The van der Waals surface area contributed by atoms with Crippen LogP contribution in [0.1, 0.15) is 34.5 Å². The molecule has 0 bridgehead atoms. The second-order valence-corrected chi connectivity index (χ2v) is 6.79. The van der Waals surface area contributed by atoms with Gasteiger partial charge in [-0.2, -0.15) is 13.2 Å². The highest BCUT2D eigenvalue weighted by molar-refractivity contribution is 5.93. The van der Waals surface area contributed by atoms with Crippen molar-refractivity contribution in [2.45, 2.75) is 24.6 Å². The number of hydrogen-bond donors (Lipinski definition) is 2. The molecule has 2 N–H and O–H groups in total. The molecule has 1 aromatic heterocycles. The van der Waals surface area contributed by atoms with Gasteiger partial charge in [0.05, 0.1) is 12.1 Å². The maximum atomic E-state index is 12.6. The van der Waals surface area contributed by atoms with E-state index in [9.17, 15) is 23.1 Å². The molecule has 1 aliphatic rings. The van der Waals surface area contributed by atoms with Crippen LogP contribution in [0.25, 0.3) is 0 Å². The second-order valence-electron chi connectivity index (χ2n) is 6.79. The Morgan fingerprint density at radius 2 is 1.82 bits per heavy atom. The average molecular weight is 394 g/mol. The van der Waals surface area contributed by atoms with Crippen molar-refractivity contribution in [1.29, 1.82) is 0 Å². The molecular formula is C20H21F3N2O3. The van der Waals surface area contributed by atoms with Gasteiger partial charge < -0.3 is 15.2 Å². The van der Waals surface area contributed by atoms with Crippen molar-refractivity contribution in [1.82, 2.24) is 10.3 Å². The number of nitrogens with one attached hydrogen (secondary N) is 1. The van der Waals surface area contributed by atoms with Crippen molar-refractivity contribution < 1.29 is 27.8 Å². The van der Waals surface area contributed by atoms with Gasteiger partial charge >= 0.3 is 6.18 Å². The van der Waals surface area contributed by atoms with E-state index in [4.69, 9.17) is 4.74 Å². The van der Waals surface area contributed by atoms with Crippen molar-refractivity contribution in [3.8, 4) is 0 Å². The van der Waals surface area contributed by atoms with E-state index in [1.165, 1.54) is 0 Å². The molecule has 0 saturated carbocycles. The first-order valence-electron chi connectivity index (χ1n) is 8.98. The molecule has 3 rings (SSSR count). The van der Waals surface area contributed by atoms with E-state index in [-0.39, 0.29) is 18.0 Å². The van der Waals surface area contributed by atoms with E-state index in [1.54, 1.807) is 24.3 Å². The standard InChI is InChI=1S/C20H21F3N2O3/c21-20(22,23)17-7-6-14(12-24-17)18(26)25-13-19(27,15-4-2-1-3-5-15)16-8-10-28-11-9-16/h1-7,12,16,27H,8-11,13H2,(H,25,26). The number of hydrogen-bond acceptors (Lipinski definition) is 4. The predicted molar refractivity (Wildman–Crippen MR) is 95.5 cm³/mol. The lowest BCUT2D eigenvalue weighted by molar-refractivity contribution is -0.141. The summed E-state index contributed by atoms with van der Waals surface area (Å²) in [6.45, 7) is 0.981. The number of aliphatic hydroxyl groups is 1. The summed E-state index contributed by atoms with van der Waals surface area (Å²) >= 11 is 0. The first kappa shape index (κ1) is 20.3. The van der Waals surface area contributed by atoms with Gasteiger partial charge in [-0.25, -0.2) is 0 Å². The molecule has 0 spiro atoms. The fourth-order valence-corrected chi connectivity index (χ4v) is 3.40. The first-order valence-corrected chi connectivity index (χ1v) is 8.98. The third kappa shape index (κ3) is 4.51. The van der Waals surface area contributed by atoms with E-state index in [0.717, 1.165) is 18.3 Å². The molecule has 5 nitrogen and oxygen atoms in total. The maximum absolute atomic E-state index is 12.6. The summed E-state index contributed by atoms with van der Waals surface area (Å²) in [5, 5.41) is 14.1. The minimum absolute atomic E-state index is 0.00427. The molecule has 0 aliphatic carbocycles. The van der Waals surface area contributed by atoms with Gasteiger partial charge in [-0.3, -0.25) is 9.78 Å². The summed E-state index contributed by atoms with van der Waals surface area (Å²) in [4.78, 5) is 15.7. The Morgan fingerprint density at radius 3 is 2.39 bits per heavy atom. The zero-order valence-electron chi connectivity index (χ0n) is 15.1. The van der Waals surface area contributed by atoms with E-state index in [1.807, 2.05) is 6.07 Å². The molecule has 1 atom stereocenters. The number of aromatic nitrogens is 1. The highest BCUT2D eigenvalue weighted by Gasteiger charge is 2.39.